The average molecular weight is 268 g/mol. The molecule has 2 nitrogen and oxygen atoms in total. The van der Waals surface area contributed by atoms with Crippen molar-refractivity contribution in [2.45, 2.75) is 78.7 Å². The molecule has 0 saturated carbocycles. The first-order valence-corrected chi connectivity index (χ1v) is 8.55. The van der Waals surface area contributed by atoms with Crippen LogP contribution in [0, 0.1) is 5.41 Å². The van der Waals surface area contributed by atoms with Gasteiger partial charge in [-0.3, -0.25) is 0 Å². The molecule has 0 bridgehead atoms. The van der Waals surface area contributed by atoms with E-state index in [1.165, 1.54) is 64.6 Å². The zero-order valence-electron chi connectivity index (χ0n) is 13.8. The van der Waals surface area contributed by atoms with Crippen LogP contribution in [0.25, 0.3) is 0 Å². The molecule has 1 aliphatic heterocycles. The molecule has 0 amide bonds. The zero-order valence-corrected chi connectivity index (χ0v) is 13.8. The van der Waals surface area contributed by atoms with Gasteiger partial charge in [0.15, 0.2) is 0 Å². The highest BCUT2D eigenvalue weighted by Gasteiger charge is 2.27. The van der Waals surface area contributed by atoms with Crippen LogP contribution in [-0.4, -0.2) is 37.1 Å². The van der Waals surface area contributed by atoms with Gasteiger partial charge in [0.05, 0.1) is 0 Å². The van der Waals surface area contributed by atoms with E-state index >= 15 is 0 Å². The predicted molar refractivity (Wildman–Crippen MR) is 85.7 cm³/mol. The average Bonchev–Trinajstić information content (AvgIpc) is 2.42. The molecule has 0 spiro atoms. The number of nitrogens with one attached hydrogen (secondary N) is 1. The van der Waals surface area contributed by atoms with Crippen molar-refractivity contribution in [3.8, 4) is 0 Å². The Kier molecular flexibility index (Phi) is 8.01. The predicted octanol–water partition coefficient (Wildman–Crippen LogP) is 4.06. The minimum Gasteiger partial charge on any atom is -0.313 e. The van der Waals surface area contributed by atoms with Crippen molar-refractivity contribution < 1.29 is 0 Å². The summed E-state index contributed by atoms with van der Waals surface area (Å²) < 4.78 is 0. The Morgan fingerprint density at radius 2 is 1.84 bits per heavy atom. The van der Waals surface area contributed by atoms with Crippen LogP contribution in [-0.2, 0) is 0 Å². The molecule has 1 rings (SSSR count). The van der Waals surface area contributed by atoms with Crippen molar-refractivity contribution in [1.82, 2.24) is 10.2 Å². The summed E-state index contributed by atoms with van der Waals surface area (Å²) in [6.45, 7) is 14.4. The SMILES string of the molecule is CCCCCC(C)NCCN1CCC(C)(CC)CC1. The van der Waals surface area contributed by atoms with E-state index < -0.39 is 0 Å². The summed E-state index contributed by atoms with van der Waals surface area (Å²) in [4.78, 5) is 2.64. The third-order valence-corrected chi connectivity index (χ3v) is 5.08. The van der Waals surface area contributed by atoms with E-state index in [-0.39, 0.29) is 0 Å². The lowest BCUT2D eigenvalue weighted by Gasteiger charge is -2.39. The largest absolute Gasteiger partial charge is 0.313 e. The van der Waals surface area contributed by atoms with Gasteiger partial charge < -0.3 is 10.2 Å². The topological polar surface area (TPSA) is 15.3 Å². The summed E-state index contributed by atoms with van der Waals surface area (Å²) in [5.41, 5.74) is 0.622. The summed E-state index contributed by atoms with van der Waals surface area (Å²) in [6, 6.07) is 0.692. The second kappa shape index (κ2) is 8.97. The fourth-order valence-corrected chi connectivity index (χ4v) is 2.94. The molecular weight excluding hydrogens is 232 g/mol. The first kappa shape index (κ1) is 17.0. The van der Waals surface area contributed by atoms with Crippen LogP contribution in [0.15, 0.2) is 0 Å². The molecule has 19 heavy (non-hydrogen) atoms. The van der Waals surface area contributed by atoms with Gasteiger partial charge in [-0.05, 0) is 44.7 Å². The number of unbranched alkanes of at least 4 members (excludes halogenated alkanes) is 2. The quantitative estimate of drug-likeness (QED) is 0.635. The summed E-state index contributed by atoms with van der Waals surface area (Å²) in [5, 5.41) is 3.68. The monoisotopic (exact) mass is 268 g/mol. The molecule has 1 atom stereocenters. The fourth-order valence-electron chi connectivity index (χ4n) is 2.94. The summed E-state index contributed by atoms with van der Waals surface area (Å²) in [5.74, 6) is 0. The van der Waals surface area contributed by atoms with E-state index in [9.17, 15) is 0 Å². The highest BCUT2D eigenvalue weighted by Crippen LogP contribution is 2.33. The number of piperidine rings is 1. The summed E-state index contributed by atoms with van der Waals surface area (Å²) >= 11 is 0. The van der Waals surface area contributed by atoms with Crippen molar-refractivity contribution >= 4 is 0 Å². The molecule has 1 aliphatic rings. The molecule has 0 radical (unpaired) electrons. The van der Waals surface area contributed by atoms with E-state index in [2.05, 4.69) is 37.9 Å². The lowest BCUT2D eigenvalue weighted by Crippen LogP contribution is -2.42. The normalized spacial score (nSPS) is 21.5. The summed E-state index contributed by atoms with van der Waals surface area (Å²) in [6.07, 6.45) is 9.54. The molecule has 2 heteroatoms. The van der Waals surface area contributed by atoms with Crippen molar-refractivity contribution in [3.05, 3.63) is 0 Å². The molecule has 1 N–H and O–H groups in total. The zero-order chi connectivity index (χ0) is 14.1. The van der Waals surface area contributed by atoms with Crippen molar-refractivity contribution in [2.75, 3.05) is 26.2 Å². The maximum Gasteiger partial charge on any atom is 0.0107 e. The van der Waals surface area contributed by atoms with Crippen molar-refractivity contribution in [3.63, 3.8) is 0 Å². The third-order valence-electron chi connectivity index (χ3n) is 5.08. The van der Waals surface area contributed by atoms with E-state index in [0.717, 1.165) is 6.54 Å². The standard InChI is InChI=1S/C17H36N2/c1-5-7-8-9-16(3)18-12-15-19-13-10-17(4,6-2)11-14-19/h16,18H,5-15H2,1-4H3. The first-order valence-electron chi connectivity index (χ1n) is 8.55. The van der Waals surface area contributed by atoms with Crippen LogP contribution in [0.4, 0.5) is 0 Å². The maximum absolute atomic E-state index is 3.68. The van der Waals surface area contributed by atoms with E-state index in [4.69, 9.17) is 0 Å². The molecular formula is C17H36N2. The smallest absolute Gasteiger partial charge is 0.0107 e. The number of nitrogens with zero attached hydrogens (tertiary/aromatic N) is 1. The van der Waals surface area contributed by atoms with Gasteiger partial charge in [-0.15, -0.1) is 0 Å². The van der Waals surface area contributed by atoms with Crippen LogP contribution in [0.5, 0.6) is 0 Å². The highest BCUT2D eigenvalue weighted by atomic mass is 15.1. The highest BCUT2D eigenvalue weighted by molar-refractivity contribution is 4.81. The molecule has 0 aromatic heterocycles. The Hall–Kier alpha value is -0.0800. The Morgan fingerprint density at radius 3 is 2.42 bits per heavy atom. The maximum atomic E-state index is 3.68. The van der Waals surface area contributed by atoms with Crippen LogP contribution < -0.4 is 5.32 Å². The van der Waals surface area contributed by atoms with Crippen LogP contribution >= 0.6 is 0 Å². The fraction of sp³-hybridized carbons (Fsp3) is 1.00. The van der Waals surface area contributed by atoms with Crippen molar-refractivity contribution in [2.24, 2.45) is 5.41 Å². The van der Waals surface area contributed by atoms with Gasteiger partial charge in [0.25, 0.3) is 0 Å². The molecule has 1 heterocycles. The number of rotatable bonds is 9. The second-order valence-corrected chi connectivity index (χ2v) is 6.86. The van der Waals surface area contributed by atoms with Gasteiger partial charge in [-0.2, -0.15) is 0 Å². The van der Waals surface area contributed by atoms with Gasteiger partial charge in [0.2, 0.25) is 0 Å². The van der Waals surface area contributed by atoms with Crippen LogP contribution in [0.1, 0.15) is 72.6 Å². The first-order chi connectivity index (χ1) is 9.09. The number of hydrogen-bond donors (Lipinski definition) is 1. The van der Waals surface area contributed by atoms with Crippen LogP contribution in [0.3, 0.4) is 0 Å². The number of hydrogen-bond acceptors (Lipinski definition) is 2. The van der Waals surface area contributed by atoms with Crippen LogP contribution in [0.2, 0.25) is 0 Å². The molecule has 1 fully saturated rings. The van der Waals surface area contributed by atoms with Gasteiger partial charge in [0, 0.05) is 19.1 Å². The van der Waals surface area contributed by atoms with Crippen molar-refractivity contribution in [1.29, 1.82) is 0 Å². The van der Waals surface area contributed by atoms with E-state index in [1.807, 2.05) is 0 Å². The van der Waals surface area contributed by atoms with E-state index in [0.29, 0.717) is 11.5 Å². The Labute approximate surface area is 121 Å². The molecule has 0 aromatic carbocycles. The van der Waals surface area contributed by atoms with E-state index in [1.54, 1.807) is 0 Å². The lowest BCUT2D eigenvalue weighted by atomic mass is 9.78. The summed E-state index contributed by atoms with van der Waals surface area (Å²) in [7, 11) is 0. The minimum absolute atomic E-state index is 0.622. The van der Waals surface area contributed by atoms with Gasteiger partial charge >= 0.3 is 0 Å². The Morgan fingerprint density at radius 1 is 1.16 bits per heavy atom. The van der Waals surface area contributed by atoms with Gasteiger partial charge in [-0.25, -0.2) is 0 Å². The molecule has 1 saturated heterocycles. The molecule has 114 valence electrons. The van der Waals surface area contributed by atoms with Gasteiger partial charge in [0.1, 0.15) is 0 Å². The second-order valence-electron chi connectivity index (χ2n) is 6.86. The Bertz CT molecular complexity index is 219. The van der Waals surface area contributed by atoms with Gasteiger partial charge in [-0.1, -0.05) is 46.5 Å². The third kappa shape index (κ3) is 6.76. The lowest BCUT2D eigenvalue weighted by molar-refractivity contribution is 0.115. The number of likely N-dealkylation sites (tertiary alicyclic amines) is 1. The Balaban J connectivity index is 2.04. The molecule has 0 aromatic rings. The minimum atomic E-state index is 0.622. The molecule has 1 unspecified atom stereocenters. The molecule has 0 aliphatic carbocycles.